The molecule has 1 aliphatic rings. The molecule has 3 atom stereocenters. The lowest BCUT2D eigenvalue weighted by molar-refractivity contribution is -0.122. The first-order chi connectivity index (χ1) is 13.7. The van der Waals surface area contributed by atoms with Crippen molar-refractivity contribution in [2.45, 2.75) is 18.0 Å². The molecule has 1 aromatic heterocycles. The Balaban J connectivity index is 0.00000160. The number of nitrogens with two attached hydrogens (primary N) is 1. The summed E-state index contributed by atoms with van der Waals surface area (Å²) in [5.74, 6) is 0.253. The number of carbonyl (C=O) groups is 1. The van der Waals surface area contributed by atoms with E-state index in [0.717, 1.165) is 23.7 Å². The number of rotatable bonds is 6. The summed E-state index contributed by atoms with van der Waals surface area (Å²) >= 11 is 1.55. The van der Waals surface area contributed by atoms with Crippen LogP contribution in [0.25, 0.3) is 0 Å². The number of hydrogen-bond donors (Lipinski definition) is 2. The van der Waals surface area contributed by atoms with Crippen molar-refractivity contribution in [3.63, 3.8) is 0 Å². The van der Waals surface area contributed by atoms with Crippen molar-refractivity contribution >= 4 is 42.1 Å². The summed E-state index contributed by atoms with van der Waals surface area (Å²) in [6.45, 7) is 1.86. The summed E-state index contributed by atoms with van der Waals surface area (Å²) in [6.07, 6.45) is 1.77. The molecule has 1 saturated heterocycles. The summed E-state index contributed by atoms with van der Waals surface area (Å²) in [7, 11) is 0. The van der Waals surface area contributed by atoms with Crippen LogP contribution in [0.2, 0.25) is 0 Å². The zero-order valence-corrected chi connectivity index (χ0v) is 18.8. The maximum atomic E-state index is 12.8. The summed E-state index contributed by atoms with van der Waals surface area (Å²) in [6, 6.07) is 20.1. The molecule has 1 aliphatic heterocycles. The number of halogens is 2. The van der Waals surface area contributed by atoms with Crippen LogP contribution >= 0.6 is 36.2 Å². The molecule has 0 radical (unpaired) electrons. The first-order valence-electron chi connectivity index (χ1n) is 9.47. The minimum absolute atomic E-state index is 0. The lowest BCUT2D eigenvalue weighted by atomic mass is 9.95. The molecule has 4 rings (SSSR count). The van der Waals surface area contributed by atoms with Crippen LogP contribution in [0, 0.1) is 0 Å². The van der Waals surface area contributed by atoms with Crippen LogP contribution in [-0.4, -0.2) is 41.5 Å². The molecule has 3 aromatic rings. The van der Waals surface area contributed by atoms with Crippen LogP contribution < -0.4 is 11.1 Å². The molecule has 0 bridgehead atoms. The van der Waals surface area contributed by atoms with Crippen LogP contribution in [0.15, 0.2) is 72.2 Å². The molecule has 1 amide bonds. The third kappa shape index (κ3) is 5.80. The fraction of sp³-hybridized carbons (Fsp3) is 0.273. The molecular formula is C22H26Cl2N4OS. The Morgan fingerprint density at radius 2 is 1.77 bits per heavy atom. The molecule has 0 spiro atoms. The lowest BCUT2D eigenvalue weighted by Crippen LogP contribution is -2.39. The molecule has 30 heavy (non-hydrogen) atoms. The van der Waals surface area contributed by atoms with Gasteiger partial charge in [0, 0.05) is 36.6 Å². The average molecular weight is 465 g/mol. The number of nitrogens with zero attached hydrogens (tertiary/aromatic N) is 2. The highest BCUT2D eigenvalue weighted by molar-refractivity contribution is 7.09. The number of aromatic nitrogens is 1. The molecule has 8 heteroatoms. The standard InChI is InChI=1S/C22H24N4OS.2ClH/c23-19-14-26(13-18(19)16-7-3-1-4-8-16)15-20(27)25-21(22-24-11-12-28-22)17-9-5-2-6-10-17;;/h1-12,18-19,21H,13-15,23H2,(H,25,27);2*1H/t18-,19+,21?;;/m0../s1. The molecule has 1 unspecified atom stereocenters. The van der Waals surface area contributed by atoms with Crippen molar-refractivity contribution in [2.75, 3.05) is 19.6 Å². The minimum atomic E-state index is -0.227. The molecule has 0 aliphatic carbocycles. The predicted molar refractivity (Wildman–Crippen MR) is 127 cm³/mol. The van der Waals surface area contributed by atoms with Crippen LogP contribution in [0.1, 0.15) is 28.1 Å². The summed E-state index contributed by atoms with van der Waals surface area (Å²) in [4.78, 5) is 19.4. The van der Waals surface area contributed by atoms with Gasteiger partial charge >= 0.3 is 0 Å². The summed E-state index contributed by atoms with van der Waals surface area (Å²) < 4.78 is 0. The predicted octanol–water partition coefficient (Wildman–Crippen LogP) is 3.62. The number of benzene rings is 2. The number of hydrogen-bond acceptors (Lipinski definition) is 5. The highest BCUT2D eigenvalue weighted by Gasteiger charge is 2.32. The Morgan fingerprint density at radius 3 is 2.40 bits per heavy atom. The molecule has 2 heterocycles. The van der Waals surface area contributed by atoms with Gasteiger partial charge in [-0.3, -0.25) is 9.69 Å². The van der Waals surface area contributed by atoms with Gasteiger partial charge in [0.2, 0.25) is 5.91 Å². The number of amides is 1. The smallest absolute Gasteiger partial charge is 0.235 e. The molecule has 3 N–H and O–H groups in total. The van der Waals surface area contributed by atoms with Crippen molar-refractivity contribution in [2.24, 2.45) is 5.73 Å². The van der Waals surface area contributed by atoms with Gasteiger partial charge in [-0.1, -0.05) is 60.7 Å². The van der Waals surface area contributed by atoms with Crippen LogP contribution in [-0.2, 0) is 4.79 Å². The SMILES string of the molecule is Cl.Cl.N[C@@H]1CN(CC(=O)NC(c2ccccc2)c2nccs2)C[C@H]1c1ccccc1. The van der Waals surface area contributed by atoms with Gasteiger partial charge in [0.05, 0.1) is 6.54 Å². The normalized spacial score (nSPS) is 19.4. The van der Waals surface area contributed by atoms with Crippen LogP contribution in [0.3, 0.4) is 0 Å². The van der Waals surface area contributed by atoms with Gasteiger partial charge in [-0.2, -0.15) is 0 Å². The van der Waals surface area contributed by atoms with E-state index in [1.54, 1.807) is 17.5 Å². The third-order valence-electron chi connectivity index (χ3n) is 5.17. The second-order valence-corrected chi connectivity index (χ2v) is 8.08. The highest BCUT2D eigenvalue weighted by atomic mass is 35.5. The topological polar surface area (TPSA) is 71.2 Å². The second-order valence-electron chi connectivity index (χ2n) is 7.16. The fourth-order valence-electron chi connectivity index (χ4n) is 3.82. The van der Waals surface area contributed by atoms with Crippen LogP contribution in [0.4, 0.5) is 0 Å². The first kappa shape index (κ1) is 24.3. The van der Waals surface area contributed by atoms with E-state index in [4.69, 9.17) is 5.73 Å². The molecular weight excluding hydrogens is 439 g/mol. The number of nitrogens with one attached hydrogen (secondary N) is 1. The van der Waals surface area contributed by atoms with Gasteiger partial charge in [0.1, 0.15) is 11.0 Å². The molecule has 1 fully saturated rings. The monoisotopic (exact) mass is 464 g/mol. The fourth-order valence-corrected chi connectivity index (χ4v) is 4.53. The van der Waals surface area contributed by atoms with Gasteiger partial charge in [-0.25, -0.2) is 4.98 Å². The molecule has 0 saturated carbocycles. The number of thiazole rings is 1. The van der Waals surface area contributed by atoms with Gasteiger partial charge in [-0.05, 0) is 11.1 Å². The van der Waals surface area contributed by atoms with Crippen molar-refractivity contribution in [3.05, 3.63) is 88.4 Å². The maximum absolute atomic E-state index is 12.8. The van der Waals surface area contributed by atoms with E-state index in [9.17, 15) is 4.79 Å². The van der Waals surface area contributed by atoms with Crippen molar-refractivity contribution in [1.29, 1.82) is 0 Å². The van der Waals surface area contributed by atoms with Gasteiger partial charge in [0.15, 0.2) is 0 Å². The number of likely N-dealkylation sites (tertiary alicyclic amines) is 1. The van der Waals surface area contributed by atoms with E-state index < -0.39 is 0 Å². The minimum Gasteiger partial charge on any atom is -0.342 e. The Morgan fingerprint density at radius 1 is 1.10 bits per heavy atom. The maximum Gasteiger partial charge on any atom is 0.235 e. The largest absolute Gasteiger partial charge is 0.342 e. The average Bonchev–Trinajstić information content (AvgIpc) is 3.37. The third-order valence-corrected chi connectivity index (χ3v) is 6.01. The number of carbonyl (C=O) groups excluding carboxylic acids is 1. The summed E-state index contributed by atoms with van der Waals surface area (Å²) in [5.41, 5.74) is 8.64. The Hall–Kier alpha value is -1.96. The first-order valence-corrected chi connectivity index (χ1v) is 10.4. The molecule has 160 valence electrons. The van der Waals surface area contributed by atoms with E-state index in [1.165, 1.54) is 5.56 Å². The van der Waals surface area contributed by atoms with E-state index in [1.807, 2.05) is 53.9 Å². The van der Waals surface area contributed by atoms with Crippen molar-refractivity contribution in [1.82, 2.24) is 15.2 Å². The van der Waals surface area contributed by atoms with Gasteiger partial charge < -0.3 is 11.1 Å². The van der Waals surface area contributed by atoms with Crippen molar-refractivity contribution < 1.29 is 4.79 Å². The van der Waals surface area contributed by atoms with Crippen LogP contribution in [0.5, 0.6) is 0 Å². The van der Waals surface area contributed by atoms with E-state index in [0.29, 0.717) is 6.54 Å². The Labute approximate surface area is 193 Å². The quantitative estimate of drug-likeness (QED) is 0.584. The molecule has 5 nitrogen and oxygen atoms in total. The Bertz CT molecular complexity index is 896. The zero-order valence-electron chi connectivity index (χ0n) is 16.4. The van der Waals surface area contributed by atoms with E-state index in [2.05, 4.69) is 27.3 Å². The van der Waals surface area contributed by atoms with E-state index in [-0.39, 0.29) is 48.7 Å². The van der Waals surface area contributed by atoms with Gasteiger partial charge in [0.25, 0.3) is 0 Å². The zero-order chi connectivity index (χ0) is 19.3. The highest BCUT2D eigenvalue weighted by Crippen LogP contribution is 2.27. The second kappa shape index (κ2) is 11.4. The Kier molecular flexibility index (Phi) is 9.27. The van der Waals surface area contributed by atoms with Gasteiger partial charge in [-0.15, -0.1) is 36.2 Å². The summed E-state index contributed by atoms with van der Waals surface area (Å²) in [5, 5.41) is 5.98. The van der Waals surface area contributed by atoms with E-state index >= 15 is 0 Å². The van der Waals surface area contributed by atoms with Crippen molar-refractivity contribution in [3.8, 4) is 0 Å². The lowest BCUT2D eigenvalue weighted by Gasteiger charge is -2.20. The molecule has 2 aromatic carbocycles.